The first kappa shape index (κ1) is 15.7. The number of β-amino-alcohol motifs (C(OH)–C–C–N with tert-alkyl or cyclic N) is 1. The Morgan fingerprint density at radius 1 is 1.08 bits per heavy atom. The van der Waals surface area contributed by atoms with Crippen molar-refractivity contribution in [2.45, 2.75) is 31.9 Å². The number of aliphatic hydroxyl groups is 1. The monoisotopic (exact) mass is 341 g/mol. The van der Waals surface area contributed by atoms with Crippen LogP contribution in [0.5, 0.6) is 0 Å². The summed E-state index contributed by atoms with van der Waals surface area (Å²) in [6.07, 6.45) is 3.29. The van der Waals surface area contributed by atoms with Crippen LogP contribution in [0, 0.1) is 6.92 Å². The summed E-state index contributed by atoms with van der Waals surface area (Å²) in [6, 6.07) is 16.0. The van der Waals surface area contributed by atoms with Crippen molar-refractivity contribution in [3.05, 3.63) is 64.7 Å². The van der Waals surface area contributed by atoms with Crippen LogP contribution in [-0.2, 0) is 5.72 Å². The van der Waals surface area contributed by atoms with E-state index in [2.05, 4.69) is 40.7 Å². The lowest BCUT2D eigenvalue weighted by atomic mass is 10.0. The number of rotatable bonds is 2. The minimum absolute atomic E-state index is 0.550. The maximum Gasteiger partial charge on any atom is 0.271 e. The molecule has 0 spiro atoms. The van der Waals surface area contributed by atoms with Gasteiger partial charge in [0.25, 0.3) is 11.6 Å². The second-order valence-corrected chi connectivity index (χ2v) is 7.16. The molecule has 4 heteroatoms. The Morgan fingerprint density at radius 3 is 2.58 bits per heavy atom. The van der Waals surface area contributed by atoms with Gasteiger partial charge in [-0.2, -0.15) is 0 Å². The molecular formula is C20H22ClN2O+. The van der Waals surface area contributed by atoms with Crippen LogP contribution in [0.1, 0.15) is 30.4 Å². The molecule has 0 radical (unpaired) electrons. The highest BCUT2D eigenvalue weighted by Gasteiger charge is 2.52. The third kappa shape index (κ3) is 2.43. The topological polar surface area (TPSA) is 26.5 Å². The Bertz CT molecular complexity index is 800. The van der Waals surface area contributed by atoms with E-state index >= 15 is 0 Å². The van der Waals surface area contributed by atoms with E-state index in [0.717, 1.165) is 24.9 Å². The summed E-state index contributed by atoms with van der Waals surface area (Å²) in [7, 11) is 0. The zero-order chi connectivity index (χ0) is 16.7. The number of aryl methyl sites for hydroxylation is 1. The van der Waals surface area contributed by atoms with E-state index in [4.69, 9.17) is 11.6 Å². The first-order chi connectivity index (χ1) is 11.6. The van der Waals surface area contributed by atoms with Crippen LogP contribution in [0.2, 0.25) is 5.02 Å². The van der Waals surface area contributed by atoms with Gasteiger partial charge in [0.15, 0.2) is 6.54 Å². The van der Waals surface area contributed by atoms with Crippen molar-refractivity contribution in [2.75, 3.05) is 18.0 Å². The molecule has 0 bridgehead atoms. The number of nitrogens with zero attached hydrogens (tertiary/aromatic N) is 2. The van der Waals surface area contributed by atoms with Gasteiger partial charge in [0.1, 0.15) is 5.69 Å². The minimum Gasteiger partial charge on any atom is -0.346 e. The Hall–Kier alpha value is -1.84. The van der Waals surface area contributed by atoms with Crippen LogP contribution in [-0.4, -0.2) is 28.6 Å². The van der Waals surface area contributed by atoms with Crippen LogP contribution in [0.3, 0.4) is 0 Å². The molecule has 1 atom stereocenters. The number of amidine groups is 1. The van der Waals surface area contributed by atoms with Gasteiger partial charge in [0, 0.05) is 17.0 Å². The van der Waals surface area contributed by atoms with Crippen molar-refractivity contribution in [3.8, 4) is 0 Å². The summed E-state index contributed by atoms with van der Waals surface area (Å²) >= 11 is 6.04. The van der Waals surface area contributed by atoms with E-state index in [0.29, 0.717) is 11.6 Å². The molecule has 24 heavy (non-hydrogen) atoms. The quantitative estimate of drug-likeness (QED) is 0.838. The average molecular weight is 342 g/mol. The smallest absolute Gasteiger partial charge is 0.271 e. The summed E-state index contributed by atoms with van der Waals surface area (Å²) in [5, 5.41) is 12.3. The molecule has 2 aliphatic heterocycles. The molecule has 0 amide bonds. The van der Waals surface area contributed by atoms with Crippen molar-refractivity contribution in [1.82, 2.24) is 0 Å². The third-order valence-corrected chi connectivity index (χ3v) is 5.45. The molecular weight excluding hydrogens is 320 g/mol. The lowest BCUT2D eigenvalue weighted by Crippen LogP contribution is -2.41. The zero-order valence-electron chi connectivity index (χ0n) is 13.9. The SMILES string of the molecule is Cc1ccccc1N1C[C@](O)(c2ccc(Cl)cc2)[N+]2=C1CCCC2. The average Bonchev–Trinajstić information content (AvgIpc) is 2.90. The van der Waals surface area contributed by atoms with Gasteiger partial charge in [-0.1, -0.05) is 41.9 Å². The standard InChI is InChI=1S/C20H22ClN2O/c1-15-6-2-3-7-18(15)22-14-20(24,16-9-11-17(21)12-10-16)23-13-5-4-8-19(22)23/h2-3,6-7,9-12,24H,4-5,8,13-14H2,1H3/q+1/t20-/m0/s1. The van der Waals surface area contributed by atoms with Crippen LogP contribution < -0.4 is 4.90 Å². The number of anilines is 1. The molecule has 2 aromatic carbocycles. The third-order valence-electron chi connectivity index (χ3n) is 5.19. The van der Waals surface area contributed by atoms with E-state index in [1.54, 1.807) is 0 Å². The van der Waals surface area contributed by atoms with E-state index in [1.807, 2.05) is 24.3 Å². The molecule has 0 saturated carbocycles. The van der Waals surface area contributed by atoms with E-state index in [9.17, 15) is 5.11 Å². The van der Waals surface area contributed by atoms with Crippen LogP contribution in [0.4, 0.5) is 5.69 Å². The summed E-state index contributed by atoms with van der Waals surface area (Å²) in [5.41, 5.74) is 2.32. The van der Waals surface area contributed by atoms with Crippen molar-refractivity contribution >= 4 is 23.1 Å². The molecule has 124 valence electrons. The summed E-state index contributed by atoms with van der Waals surface area (Å²) in [5.74, 6) is 1.23. The Labute approximate surface area is 147 Å². The predicted octanol–water partition coefficient (Wildman–Crippen LogP) is 3.91. The molecule has 0 unspecified atom stereocenters. The van der Waals surface area contributed by atoms with Gasteiger partial charge < -0.3 is 5.11 Å². The Balaban J connectivity index is 1.82. The van der Waals surface area contributed by atoms with Crippen molar-refractivity contribution < 1.29 is 9.68 Å². The molecule has 4 rings (SSSR count). The normalized spacial score (nSPS) is 23.5. The lowest BCUT2D eigenvalue weighted by Gasteiger charge is -2.24. The highest BCUT2D eigenvalue weighted by Crippen LogP contribution is 2.36. The molecule has 0 aliphatic carbocycles. The van der Waals surface area contributed by atoms with Gasteiger partial charge in [0.2, 0.25) is 0 Å². The Kier molecular flexibility index (Phi) is 3.86. The number of para-hydroxylation sites is 1. The fourth-order valence-electron chi connectivity index (χ4n) is 3.95. The van der Waals surface area contributed by atoms with Gasteiger partial charge in [-0.25, -0.2) is 9.48 Å². The highest BCUT2D eigenvalue weighted by molar-refractivity contribution is 6.30. The summed E-state index contributed by atoms with van der Waals surface area (Å²) in [6.45, 7) is 3.56. The van der Waals surface area contributed by atoms with Crippen molar-refractivity contribution in [1.29, 1.82) is 0 Å². The summed E-state index contributed by atoms with van der Waals surface area (Å²) in [4.78, 5) is 2.29. The fourth-order valence-corrected chi connectivity index (χ4v) is 4.07. The molecule has 2 aromatic rings. The number of benzene rings is 2. The first-order valence-corrected chi connectivity index (χ1v) is 8.92. The van der Waals surface area contributed by atoms with Gasteiger partial charge in [-0.15, -0.1) is 0 Å². The zero-order valence-corrected chi connectivity index (χ0v) is 14.6. The molecule has 0 aromatic heterocycles. The van der Waals surface area contributed by atoms with Gasteiger partial charge >= 0.3 is 0 Å². The highest BCUT2D eigenvalue weighted by atomic mass is 35.5. The van der Waals surface area contributed by atoms with Crippen LogP contribution >= 0.6 is 11.6 Å². The molecule has 1 N–H and O–H groups in total. The maximum absolute atomic E-state index is 11.6. The number of halogens is 1. The summed E-state index contributed by atoms with van der Waals surface area (Å²) < 4.78 is 2.19. The minimum atomic E-state index is -0.997. The van der Waals surface area contributed by atoms with Crippen molar-refractivity contribution in [2.24, 2.45) is 0 Å². The van der Waals surface area contributed by atoms with Crippen molar-refractivity contribution in [3.63, 3.8) is 0 Å². The van der Waals surface area contributed by atoms with Crippen LogP contribution in [0.25, 0.3) is 0 Å². The maximum atomic E-state index is 11.6. The van der Waals surface area contributed by atoms with E-state index < -0.39 is 5.72 Å². The number of hydrogen-bond acceptors (Lipinski definition) is 2. The predicted molar refractivity (Wildman–Crippen MR) is 97.9 cm³/mol. The second-order valence-electron chi connectivity index (χ2n) is 6.72. The van der Waals surface area contributed by atoms with E-state index in [1.165, 1.54) is 23.5 Å². The second kappa shape index (κ2) is 5.91. The van der Waals surface area contributed by atoms with E-state index in [-0.39, 0.29) is 0 Å². The number of hydrogen-bond donors (Lipinski definition) is 1. The fraction of sp³-hybridized carbons (Fsp3) is 0.350. The lowest BCUT2D eigenvalue weighted by molar-refractivity contribution is -0.661. The van der Waals surface area contributed by atoms with Crippen LogP contribution in [0.15, 0.2) is 48.5 Å². The van der Waals surface area contributed by atoms with Gasteiger partial charge in [0.05, 0.1) is 6.54 Å². The molecule has 0 saturated heterocycles. The first-order valence-electron chi connectivity index (χ1n) is 8.55. The Morgan fingerprint density at radius 2 is 1.83 bits per heavy atom. The van der Waals surface area contributed by atoms with Gasteiger partial charge in [-0.3, -0.25) is 0 Å². The molecule has 2 aliphatic rings. The molecule has 2 heterocycles. The largest absolute Gasteiger partial charge is 0.346 e. The van der Waals surface area contributed by atoms with Gasteiger partial charge in [-0.05, 0) is 43.5 Å². The molecule has 0 fully saturated rings. The molecule has 3 nitrogen and oxygen atoms in total.